The Labute approximate surface area is 194 Å². The van der Waals surface area contributed by atoms with Crippen molar-refractivity contribution >= 4 is 34.7 Å². The van der Waals surface area contributed by atoms with E-state index in [-0.39, 0.29) is 29.8 Å². The van der Waals surface area contributed by atoms with Gasteiger partial charge in [0.2, 0.25) is 5.78 Å². The lowest BCUT2D eigenvalue weighted by atomic mass is 9.85. The minimum atomic E-state index is -0.543. The molecule has 0 radical (unpaired) electrons. The van der Waals surface area contributed by atoms with E-state index in [9.17, 15) is 14.4 Å². The number of likely N-dealkylation sites (tertiary alicyclic amines) is 1. The molecule has 2 heterocycles. The van der Waals surface area contributed by atoms with Crippen LogP contribution in [-0.4, -0.2) is 53.2 Å². The largest absolute Gasteiger partial charge is 0.387 e. The maximum atomic E-state index is 13.2. The first-order valence-electron chi connectivity index (χ1n) is 11.6. The highest BCUT2D eigenvalue weighted by molar-refractivity contribution is 6.38. The lowest BCUT2D eigenvalue weighted by Gasteiger charge is -2.20. The molecule has 7 heteroatoms. The molecule has 3 aliphatic rings. The molecule has 3 unspecified atom stereocenters. The van der Waals surface area contributed by atoms with Gasteiger partial charge in [-0.15, -0.1) is 0 Å². The van der Waals surface area contributed by atoms with Crippen LogP contribution in [0, 0.1) is 11.8 Å². The van der Waals surface area contributed by atoms with Gasteiger partial charge in [0.15, 0.2) is 17.2 Å². The highest BCUT2D eigenvalue weighted by atomic mass is 35.5. The zero-order chi connectivity index (χ0) is 22.9. The number of benzene rings is 1. The number of carbonyl (C=O) groups is 3. The number of ketones is 3. The molecule has 3 atom stereocenters. The van der Waals surface area contributed by atoms with Crippen molar-refractivity contribution in [2.45, 2.75) is 69.9 Å². The number of Topliss-reactive ketones (excluding diaryl/α,β-unsaturated/α-hetero) is 3. The van der Waals surface area contributed by atoms with E-state index in [1.165, 1.54) is 0 Å². The second kappa shape index (κ2) is 9.44. The average molecular weight is 459 g/mol. The minimum Gasteiger partial charge on any atom is -0.387 e. The molecule has 1 aromatic rings. The van der Waals surface area contributed by atoms with Gasteiger partial charge >= 0.3 is 0 Å². The van der Waals surface area contributed by atoms with Gasteiger partial charge in [-0.3, -0.25) is 19.3 Å². The number of oxime groups is 1. The molecule has 2 fully saturated rings. The van der Waals surface area contributed by atoms with Crippen molar-refractivity contribution in [2.75, 3.05) is 13.6 Å². The van der Waals surface area contributed by atoms with Gasteiger partial charge < -0.3 is 4.84 Å². The smallest absolute Gasteiger partial charge is 0.201 e. The van der Waals surface area contributed by atoms with Crippen LogP contribution < -0.4 is 0 Å². The Kier molecular flexibility index (Phi) is 6.82. The zero-order valence-corrected chi connectivity index (χ0v) is 19.6. The molecule has 32 heavy (non-hydrogen) atoms. The minimum absolute atomic E-state index is 0.00945. The summed E-state index contributed by atoms with van der Waals surface area (Å²) in [5.41, 5.74) is 1.21. The van der Waals surface area contributed by atoms with Gasteiger partial charge in [0.25, 0.3) is 0 Å². The molecule has 1 saturated heterocycles. The molecule has 1 spiro atoms. The molecule has 1 aromatic carbocycles. The molecule has 6 nitrogen and oxygen atoms in total. The van der Waals surface area contributed by atoms with E-state index < -0.39 is 11.5 Å². The van der Waals surface area contributed by atoms with Crippen LogP contribution in [0.4, 0.5) is 0 Å². The van der Waals surface area contributed by atoms with Crippen LogP contribution in [0.5, 0.6) is 0 Å². The Hall–Kier alpha value is -2.05. The molecule has 0 bridgehead atoms. The quantitative estimate of drug-likeness (QED) is 0.490. The summed E-state index contributed by atoms with van der Waals surface area (Å²) in [4.78, 5) is 46.2. The highest BCUT2D eigenvalue weighted by Gasteiger charge is 2.51. The number of hydrogen-bond acceptors (Lipinski definition) is 6. The van der Waals surface area contributed by atoms with E-state index in [2.05, 4.69) is 5.16 Å². The van der Waals surface area contributed by atoms with Crippen molar-refractivity contribution in [3.63, 3.8) is 0 Å². The second-order valence-corrected chi connectivity index (χ2v) is 10.2. The van der Waals surface area contributed by atoms with Gasteiger partial charge in [-0.25, -0.2) is 0 Å². The number of hydrogen-bond donors (Lipinski definition) is 0. The van der Waals surface area contributed by atoms with Crippen LogP contribution in [-0.2, 0) is 19.2 Å². The van der Waals surface area contributed by atoms with Crippen molar-refractivity contribution in [1.82, 2.24) is 4.90 Å². The van der Waals surface area contributed by atoms with E-state index in [0.29, 0.717) is 43.2 Å². The number of nitrogens with zero attached hydrogens (tertiary/aromatic N) is 2. The Morgan fingerprint density at radius 3 is 2.78 bits per heavy atom. The Morgan fingerprint density at radius 2 is 2.09 bits per heavy atom. The summed E-state index contributed by atoms with van der Waals surface area (Å²) < 4.78 is 0. The Morgan fingerprint density at radius 1 is 1.31 bits per heavy atom. The molecular weight excluding hydrogens is 428 g/mol. The SMILES string of the molecule is CCCC(CC(=O)C1CC2(CC(c3cccc(Cl)c3)=NO2)CN1C)C(=O)C(=O)CC1CC1. The molecule has 4 rings (SSSR count). The van der Waals surface area contributed by atoms with Crippen molar-refractivity contribution in [1.29, 1.82) is 0 Å². The molecule has 0 N–H and O–H groups in total. The first-order chi connectivity index (χ1) is 15.3. The van der Waals surface area contributed by atoms with E-state index >= 15 is 0 Å². The fourth-order valence-corrected chi connectivity index (χ4v) is 5.19. The van der Waals surface area contributed by atoms with E-state index in [0.717, 1.165) is 30.5 Å². The second-order valence-electron chi connectivity index (χ2n) is 9.73. The van der Waals surface area contributed by atoms with Crippen molar-refractivity contribution in [2.24, 2.45) is 17.0 Å². The van der Waals surface area contributed by atoms with E-state index in [1.54, 1.807) is 0 Å². The van der Waals surface area contributed by atoms with Crippen LogP contribution in [0.3, 0.4) is 0 Å². The Bertz CT molecular complexity index is 942. The third kappa shape index (κ3) is 5.12. The molecule has 0 aromatic heterocycles. The lowest BCUT2D eigenvalue weighted by Crippen LogP contribution is -2.36. The number of likely N-dealkylation sites (N-methyl/N-ethyl adjacent to an activating group) is 1. The standard InChI is InChI=1S/C25H31ClN2O4/c1-3-5-18(24(31)23(30)10-16-8-9-16)12-22(29)21-14-25(15-28(21)2)13-20(27-32-25)17-6-4-7-19(26)11-17/h4,6-7,11,16,18,21H,3,5,8-10,12-15H2,1-2H3. The highest BCUT2D eigenvalue weighted by Crippen LogP contribution is 2.39. The fourth-order valence-electron chi connectivity index (χ4n) is 5.00. The van der Waals surface area contributed by atoms with Crippen LogP contribution in [0.25, 0.3) is 0 Å². The van der Waals surface area contributed by atoms with Gasteiger partial charge in [0, 0.05) is 48.7 Å². The van der Waals surface area contributed by atoms with Crippen molar-refractivity contribution in [3.05, 3.63) is 34.9 Å². The maximum absolute atomic E-state index is 13.2. The van der Waals surface area contributed by atoms with Gasteiger partial charge in [0.1, 0.15) is 0 Å². The first-order valence-corrected chi connectivity index (χ1v) is 12.0. The summed E-state index contributed by atoms with van der Waals surface area (Å²) in [6.07, 6.45) is 5.01. The maximum Gasteiger partial charge on any atom is 0.201 e. The molecule has 1 aliphatic carbocycles. The molecule has 0 amide bonds. The van der Waals surface area contributed by atoms with Crippen LogP contribution >= 0.6 is 11.6 Å². The molecule has 2 aliphatic heterocycles. The summed E-state index contributed by atoms with van der Waals surface area (Å²) >= 11 is 6.12. The van der Waals surface area contributed by atoms with Crippen molar-refractivity contribution in [3.8, 4) is 0 Å². The third-order valence-electron chi connectivity index (χ3n) is 6.90. The van der Waals surface area contributed by atoms with Crippen molar-refractivity contribution < 1.29 is 19.2 Å². The normalized spacial score (nSPS) is 26.1. The predicted molar refractivity (Wildman–Crippen MR) is 123 cm³/mol. The molecular formula is C25H31ClN2O4. The first kappa shape index (κ1) is 23.1. The van der Waals surface area contributed by atoms with Gasteiger partial charge in [-0.2, -0.15) is 0 Å². The zero-order valence-electron chi connectivity index (χ0n) is 18.8. The summed E-state index contributed by atoms with van der Waals surface area (Å²) in [5.74, 6) is -0.778. The number of rotatable bonds is 10. The summed E-state index contributed by atoms with van der Waals surface area (Å²) in [6, 6.07) is 7.18. The molecule has 172 valence electrons. The Balaban J connectivity index is 1.38. The number of halogens is 1. The van der Waals surface area contributed by atoms with E-state index in [4.69, 9.17) is 16.4 Å². The summed E-state index contributed by atoms with van der Waals surface area (Å²) in [5, 5.41) is 4.95. The monoisotopic (exact) mass is 458 g/mol. The number of carbonyl (C=O) groups excluding carboxylic acids is 3. The van der Waals surface area contributed by atoms with E-state index in [1.807, 2.05) is 43.1 Å². The average Bonchev–Trinajstić information content (AvgIpc) is 3.38. The summed E-state index contributed by atoms with van der Waals surface area (Å²) in [7, 11) is 1.91. The third-order valence-corrected chi connectivity index (χ3v) is 7.14. The fraction of sp³-hybridized carbons (Fsp3) is 0.600. The van der Waals surface area contributed by atoms with Crippen LogP contribution in [0.15, 0.2) is 29.4 Å². The summed E-state index contributed by atoms with van der Waals surface area (Å²) in [6.45, 7) is 2.57. The van der Waals surface area contributed by atoms with Gasteiger partial charge in [-0.1, -0.05) is 42.2 Å². The topological polar surface area (TPSA) is 76.0 Å². The van der Waals surface area contributed by atoms with Crippen LogP contribution in [0.1, 0.15) is 63.9 Å². The lowest BCUT2D eigenvalue weighted by molar-refractivity contribution is -0.140. The van der Waals surface area contributed by atoms with Crippen LogP contribution in [0.2, 0.25) is 5.02 Å². The molecule has 1 saturated carbocycles. The van der Waals surface area contributed by atoms with Gasteiger partial charge in [-0.05, 0) is 44.4 Å². The predicted octanol–water partition coefficient (Wildman–Crippen LogP) is 4.22. The van der Waals surface area contributed by atoms with Gasteiger partial charge in [0.05, 0.1) is 11.8 Å².